The number of hydrogen-bond donors (Lipinski definition) is 0. The first-order valence-electron chi connectivity index (χ1n) is 10.9. The van der Waals surface area contributed by atoms with Gasteiger partial charge in [-0.15, -0.1) is 0 Å². The van der Waals surface area contributed by atoms with Crippen molar-refractivity contribution in [1.29, 1.82) is 0 Å². The summed E-state index contributed by atoms with van der Waals surface area (Å²) in [6.07, 6.45) is 2.24. The molecule has 208 valence electrons. The van der Waals surface area contributed by atoms with E-state index in [9.17, 15) is 40.5 Å². The van der Waals surface area contributed by atoms with Gasteiger partial charge in [0.15, 0.2) is 0 Å². The zero-order valence-electron chi connectivity index (χ0n) is 21.8. The lowest BCUT2D eigenvalue weighted by Crippen LogP contribution is -2.46. The molecular weight excluding hydrogens is 476 g/mol. The van der Waals surface area contributed by atoms with E-state index in [0.29, 0.717) is 10.8 Å². The van der Waals surface area contributed by atoms with Gasteiger partial charge in [-0.25, -0.2) is 18.9 Å². The quantitative estimate of drug-likeness (QED) is 0.160. The molecule has 16 heteroatoms. The Morgan fingerprint density at radius 3 is 0.771 bits per heavy atom. The van der Waals surface area contributed by atoms with Crippen molar-refractivity contribution in [3.63, 3.8) is 0 Å². The SMILES string of the molecule is CC(C)(C)C.CCC(CC)(CC)CC.O=[N+]([O-])COC(OC[N+](=O)[O-])(OC[N+](=O)[O-])OC[N+](=O)[O-]. The van der Waals surface area contributed by atoms with Gasteiger partial charge < -0.3 is 0 Å². The summed E-state index contributed by atoms with van der Waals surface area (Å²) in [5.74, 6) is 0. The van der Waals surface area contributed by atoms with Crippen LogP contribution in [0.3, 0.4) is 0 Å². The zero-order chi connectivity index (χ0) is 28.3. The fourth-order valence-electron chi connectivity index (χ4n) is 2.28. The summed E-state index contributed by atoms with van der Waals surface area (Å²) in [5.41, 5.74) is 1.17. The molecule has 0 aliphatic carbocycles. The first-order valence-corrected chi connectivity index (χ1v) is 10.9. The molecule has 0 heterocycles. The van der Waals surface area contributed by atoms with E-state index in [4.69, 9.17) is 0 Å². The van der Waals surface area contributed by atoms with Crippen LogP contribution < -0.4 is 0 Å². The normalized spacial score (nSPS) is 11.4. The van der Waals surface area contributed by atoms with Crippen molar-refractivity contribution in [1.82, 2.24) is 0 Å². The lowest BCUT2D eigenvalue weighted by molar-refractivity contribution is -0.680. The maximum Gasteiger partial charge on any atom is 0.432 e. The van der Waals surface area contributed by atoms with Crippen molar-refractivity contribution in [3.05, 3.63) is 40.5 Å². The van der Waals surface area contributed by atoms with E-state index in [1.165, 1.54) is 25.7 Å². The van der Waals surface area contributed by atoms with Gasteiger partial charge in [0.25, 0.3) is 0 Å². The molecule has 0 amide bonds. The highest BCUT2D eigenvalue weighted by molar-refractivity contribution is 4.72. The Labute approximate surface area is 204 Å². The number of nitrogens with zero attached hydrogens (tertiary/aromatic N) is 4. The van der Waals surface area contributed by atoms with Crippen LogP contribution in [0.15, 0.2) is 0 Å². The van der Waals surface area contributed by atoms with Crippen molar-refractivity contribution in [2.24, 2.45) is 10.8 Å². The minimum absolute atomic E-state index is 0.500. The number of nitro groups is 4. The molecule has 0 saturated heterocycles. The van der Waals surface area contributed by atoms with Crippen LogP contribution in [-0.4, -0.2) is 52.8 Å². The second-order valence-electron chi connectivity index (χ2n) is 8.84. The zero-order valence-corrected chi connectivity index (χ0v) is 21.8. The topological polar surface area (TPSA) is 209 Å². The van der Waals surface area contributed by atoms with Crippen molar-refractivity contribution < 1.29 is 38.6 Å². The monoisotopic (exact) mass is 516 g/mol. The highest BCUT2D eigenvalue weighted by Crippen LogP contribution is 2.33. The van der Waals surface area contributed by atoms with Gasteiger partial charge in [0.05, 0.1) is 0 Å². The van der Waals surface area contributed by atoms with Crippen LogP contribution in [-0.2, 0) is 18.9 Å². The molecule has 0 spiro atoms. The molecule has 0 radical (unpaired) electrons. The third kappa shape index (κ3) is 24.4. The first-order chi connectivity index (χ1) is 15.9. The maximum absolute atomic E-state index is 10.2. The molecule has 0 fully saturated rings. The largest absolute Gasteiger partial charge is 0.432 e. The Bertz CT molecular complexity index is 535. The highest BCUT2D eigenvalue weighted by atomic mass is 17.0. The minimum Gasteiger partial charge on any atom is -0.262 e. The molecule has 0 saturated carbocycles. The minimum atomic E-state index is -3.14. The summed E-state index contributed by atoms with van der Waals surface area (Å²) in [6.45, 7) is 12.3. The Balaban J connectivity index is -0.000000598. The third-order valence-electron chi connectivity index (χ3n) is 4.39. The van der Waals surface area contributed by atoms with E-state index < -0.39 is 52.8 Å². The average molecular weight is 517 g/mol. The lowest BCUT2D eigenvalue weighted by atomic mass is 9.78. The van der Waals surface area contributed by atoms with Gasteiger partial charge in [0.2, 0.25) is 0 Å². The Hall–Kier alpha value is -2.56. The van der Waals surface area contributed by atoms with Crippen LogP contribution in [0.5, 0.6) is 0 Å². The average Bonchev–Trinajstić information content (AvgIpc) is 2.74. The van der Waals surface area contributed by atoms with E-state index in [0.717, 1.165) is 0 Å². The van der Waals surface area contributed by atoms with Gasteiger partial charge >= 0.3 is 33.1 Å². The van der Waals surface area contributed by atoms with Crippen molar-refractivity contribution in [3.8, 4) is 0 Å². The molecule has 0 aromatic rings. The number of hydrogen-bond acceptors (Lipinski definition) is 12. The van der Waals surface area contributed by atoms with Gasteiger partial charge in [-0.2, -0.15) is 0 Å². The van der Waals surface area contributed by atoms with E-state index in [-0.39, 0.29) is 0 Å². The first kappa shape index (κ1) is 37.0. The van der Waals surface area contributed by atoms with Crippen molar-refractivity contribution in [2.75, 3.05) is 26.9 Å². The lowest BCUT2D eigenvalue weighted by Gasteiger charge is -2.28. The van der Waals surface area contributed by atoms with E-state index >= 15 is 0 Å². The molecule has 0 atom stereocenters. The van der Waals surface area contributed by atoms with Crippen LogP contribution in [0, 0.1) is 51.3 Å². The highest BCUT2D eigenvalue weighted by Gasteiger charge is 2.43. The molecule has 0 aromatic carbocycles. The summed E-state index contributed by atoms with van der Waals surface area (Å²) in [6, 6.07) is 0. The van der Waals surface area contributed by atoms with Crippen molar-refractivity contribution >= 4 is 0 Å². The van der Waals surface area contributed by atoms with Crippen LogP contribution in [0.2, 0.25) is 0 Å². The molecule has 0 rings (SSSR count). The second kappa shape index (κ2) is 18.7. The maximum atomic E-state index is 10.2. The summed E-state index contributed by atoms with van der Waals surface area (Å²) in [5, 5.41) is 40.7. The molecule has 0 unspecified atom stereocenters. The summed E-state index contributed by atoms with van der Waals surface area (Å²) >= 11 is 0. The summed E-state index contributed by atoms with van der Waals surface area (Å²) < 4.78 is 17.1. The summed E-state index contributed by atoms with van der Waals surface area (Å²) in [7, 11) is 0. The molecule has 16 nitrogen and oxygen atoms in total. The van der Waals surface area contributed by atoms with Gasteiger partial charge in [0, 0.05) is 19.7 Å². The van der Waals surface area contributed by atoms with Crippen LogP contribution in [0.25, 0.3) is 0 Å². The Kier molecular flexibility index (Phi) is 19.8. The van der Waals surface area contributed by atoms with Gasteiger partial charge in [0.1, 0.15) is 0 Å². The van der Waals surface area contributed by atoms with Gasteiger partial charge in [-0.3, -0.25) is 40.5 Å². The fraction of sp³-hybridized carbons (Fsp3) is 1.00. The Morgan fingerprint density at radius 1 is 0.514 bits per heavy atom. The molecule has 0 bridgehead atoms. The molecule has 0 aromatic heterocycles. The van der Waals surface area contributed by atoms with Crippen molar-refractivity contribution in [2.45, 2.75) is 87.2 Å². The molecule has 0 N–H and O–H groups in total. The summed E-state index contributed by atoms with van der Waals surface area (Å²) in [4.78, 5) is 36.3. The predicted octanol–water partition coefficient (Wildman–Crippen LogP) is 4.27. The Morgan fingerprint density at radius 2 is 0.686 bits per heavy atom. The van der Waals surface area contributed by atoms with E-state index in [1.807, 2.05) is 0 Å². The van der Waals surface area contributed by atoms with Gasteiger partial charge in [-0.05, 0) is 10.8 Å². The van der Waals surface area contributed by atoms with E-state index in [2.05, 4.69) is 74.3 Å². The number of rotatable bonds is 16. The molecule has 0 aliphatic heterocycles. The third-order valence-corrected chi connectivity index (χ3v) is 4.39. The standard InChI is InChI=1S/C9H20.C5H8N4O12.C5H12/c1-5-9(6-2,7-3)8-4;10-6(11)1-18-5(19-2-7(12)13,20-3-8(14)15)21-4-9(16)17;1-5(2,3)4/h5-8H2,1-4H3;1-4H2;1-4H3. The smallest absolute Gasteiger partial charge is 0.262 e. The predicted molar refractivity (Wildman–Crippen MR) is 123 cm³/mol. The van der Waals surface area contributed by atoms with E-state index in [1.54, 1.807) is 0 Å². The van der Waals surface area contributed by atoms with Crippen LogP contribution in [0.4, 0.5) is 0 Å². The number of ether oxygens (including phenoxy) is 4. The van der Waals surface area contributed by atoms with Crippen LogP contribution >= 0.6 is 0 Å². The van der Waals surface area contributed by atoms with Crippen LogP contribution in [0.1, 0.15) is 81.1 Å². The fourth-order valence-corrected chi connectivity index (χ4v) is 2.28. The molecular formula is C19H40N4O12. The second-order valence-corrected chi connectivity index (χ2v) is 8.84. The molecule has 35 heavy (non-hydrogen) atoms. The van der Waals surface area contributed by atoms with Gasteiger partial charge in [-0.1, -0.05) is 81.1 Å². The molecule has 0 aliphatic rings.